The highest BCUT2D eigenvalue weighted by atomic mass is 35.5. The molecule has 30 heavy (non-hydrogen) atoms. The van der Waals surface area contributed by atoms with Crippen LogP contribution in [0.15, 0.2) is 48.7 Å². The van der Waals surface area contributed by atoms with Crippen LogP contribution in [0, 0.1) is 11.6 Å². The van der Waals surface area contributed by atoms with Gasteiger partial charge in [-0.2, -0.15) is 0 Å². The van der Waals surface area contributed by atoms with Crippen molar-refractivity contribution in [3.63, 3.8) is 0 Å². The summed E-state index contributed by atoms with van der Waals surface area (Å²) in [7, 11) is 0. The Balaban J connectivity index is 0.00000160. The van der Waals surface area contributed by atoms with Gasteiger partial charge in [-0.3, -0.25) is 4.98 Å². The number of halogens is 5. The number of nitrogens with zero attached hydrogens (tertiary/aromatic N) is 1. The molecule has 1 fully saturated rings. The molecule has 2 aromatic carbocycles. The van der Waals surface area contributed by atoms with E-state index in [0.29, 0.717) is 11.1 Å². The first kappa shape index (κ1) is 24.6. The number of rotatable bonds is 5. The van der Waals surface area contributed by atoms with Gasteiger partial charge in [-0.15, -0.1) is 24.8 Å². The molecule has 0 bridgehead atoms. The third-order valence-electron chi connectivity index (χ3n) is 5.42. The molecule has 162 valence electrons. The van der Waals surface area contributed by atoms with E-state index in [1.54, 1.807) is 6.20 Å². The van der Waals surface area contributed by atoms with Gasteiger partial charge in [0.25, 0.3) is 0 Å². The van der Waals surface area contributed by atoms with E-state index in [0.717, 1.165) is 42.3 Å². The predicted octanol–water partition coefficient (Wildman–Crippen LogP) is 6.52. The Morgan fingerprint density at radius 3 is 2.30 bits per heavy atom. The van der Waals surface area contributed by atoms with E-state index >= 15 is 0 Å². The minimum Gasteiger partial charge on any atom is -0.382 e. The van der Waals surface area contributed by atoms with Crippen LogP contribution in [0.5, 0.6) is 0 Å². The van der Waals surface area contributed by atoms with Crippen LogP contribution in [-0.2, 0) is 6.54 Å². The van der Waals surface area contributed by atoms with Gasteiger partial charge in [-0.25, -0.2) is 8.78 Å². The van der Waals surface area contributed by atoms with Crippen LogP contribution in [0.1, 0.15) is 31.2 Å². The van der Waals surface area contributed by atoms with Gasteiger partial charge in [0.15, 0.2) is 0 Å². The molecule has 2 N–H and O–H groups in total. The highest BCUT2D eigenvalue weighted by Gasteiger charge is 2.22. The molecule has 3 nitrogen and oxygen atoms in total. The summed E-state index contributed by atoms with van der Waals surface area (Å²) in [6.45, 7) is 0.219. The van der Waals surface area contributed by atoms with Gasteiger partial charge in [-0.05, 0) is 62.1 Å². The molecule has 4 rings (SSSR count). The van der Waals surface area contributed by atoms with Gasteiger partial charge in [0, 0.05) is 46.5 Å². The first-order chi connectivity index (χ1) is 13.6. The van der Waals surface area contributed by atoms with E-state index in [1.807, 2.05) is 24.3 Å². The van der Waals surface area contributed by atoms with Crippen LogP contribution in [0.2, 0.25) is 5.02 Å². The number of hydrogen-bond donors (Lipinski definition) is 2. The molecule has 0 unspecified atom stereocenters. The molecule has 0 saturated heterocycles. The molecule has 0 amide bonds. The van der Waals surface area contributed by atoms with Crippen molar-refractivity contribution in [2.75, 3.05) is 5.32 Å². The van der Waals surface area contributed by atoms with E-state index in [-0.39, 0.29) is 43.0 Å². The van der Waals surface area contributed by atoms with Crippen LogP contribution in [-0.4, -0.2) is 17.1 Å². The van der Waals surface area contributed by atoms with Crippen LogP contribution in [0.3, 0.4) is 0 Å². The summed E-state index contributed by atoms with van der Waals surface area (Å²) in [6, 6.07) is 12.3. The molecule has 1 aliphatic carbocycles. The normalized spacial score (nSPS) is 18.4. The highest BCUT2D eigenvalue weighted by molar-refractivity contribution is 6.31. The van der Waals surface area contributed by atoms with Crippen molar-refractivity contribution in [1.29, 1.82) is 0 Å². The highest BCUT2D eigenvalue weighted by Crippen LogP contribution is 2.28. The molecule has 0 atom stereocenters. The van der Waals surface area contributed by atoms with Gasteiger partial charge >= 0.3 is 0 Å². The molecule has 0 spiro atoms. The van der Waals surface area contributed by atoms with Crippen molar-refractivity contribution >= 4 is 53.0 Å². The zero-order chi connectivity index (χ0) is 19.5. The monoisotopic (exact) mass is 473 g/mol. The van der Waals surface area contributed by atoms with Crippen LogP contribution >= 0.6 is 36.4 Å². The van der Waals surface area contributed by atoms with E-state index in [1.165, 1.54) is 18.2 Å². The third kappa shape index (κ3) is 5.73. The molecule has 0 radical (unpaired) electrons. The number of hydrogen-bond acceptors (Lipinski definition) is 3. The smallest absolute Gasteiger partial charge is 0.130 e. The standard InChI is InChI=1S/C22H22ClF2N3.2ClH/c23-14-4-9-17-21(10-11-26-22(17)12-14)28-16-7-5-15(6-8-16)27-13-18-19(24)2-1-3-20(18)25;;/h1-4,9-12,15-16,27H,5-8,13H2,(H,26,28);2*1H/t15-,16-;;. The quantitative estimate of drug-likeness (QED) is 0.442. The van der Waals surface area contributed by atoms with Crippen molar-refractivity contribution < 1.29 is 8.78 Å². The maximum Gasteiger partial charge on any atom is 0.130 e. The molecule has 0 aliphatic heterocycles. The summed E-state index contributed by atoms with van der Waals surface area (Å²) >= 11 is 6.06. The lowest BCUT2D eigenvalue weighted by Crippen LogP contribution is -2.37. The van der Waals surface area contributed by atoms with Gasteiger partial charge in [-0.1, -0.05) is 17.7 Å². The Morgan fingerprint density at radius 1 is 0.933 bits per heavy atom. The Morgan fingerprint density at radius 2 is 1.60 bits per heavy atom. The van der Waals surface area contributed by atoms with E-state index in [4.69, 9.17) is 11.6 Å². The molecule has 1 saturated carbocycles. The summed E-state index contributed by atoms with van der Waals surface area (Å²) in [5, 5.41) is 8.67. The molecule has 8 heteroatoms. The van der Waals surface area contributed by atoms with Crippen molar-refractivity contribution in [3.05, 3.63) is 70.9 Å². The Bertz CT molecular complexity index is 959. The first-order valence-corrected chi connectivity index (χ1v) is 9.95. The SMILES string of the molecule is Cl.Cl.Fc1cccc(F)c1CN[C@H]1CC[C@H](Nc2ccnc3cc(Cl)ccc23)CC1. The number of fused-ring (bicyclic) bond motifs is 1. The second-order valence-electron chi connectivity index (χ2n) is 7.29. The molecular formula is C22H24Cl3F2N3. The van der Waals surface area contributed by atoms with Gasteiger partial charge in [0.2, 0.25) is 0 Å². The number of pyridine rings is 1. The summed E-state index contributed by atoms with van der Waals surface area (Å²) in [5.41, 5.74) is 2.05. The molecule has 1 heterocycles. The van der Waals surface area contributed by atoms with Crippen molar-refractivity contribution in [2.45, 2.75) is 44.3 Å². The van der Waals surface area contributed by atoms with E-state index in [2.05, 4.69) is 15.6 Å². The van der Waals surface area contributed by atoms with Crippen LogP contribution in [0.4, 0.5) is 14.5 Å². The maximum atomic E-state index is 13.8. The fraction of sp³-hybridized carbons (Fsp3) is 0.318. The molecule has 1 aromatic heterocycles. The maximum absolute atomic E-state index is 13.8. The minimum atomic E-state index is -0.493. The van der Waals surface area contributed by atoms with Gasteiger partial charge in [0.05, 0.1) is 5.52 Å². The summed E-state index contributed by atoms with van der Waals surface area (Å²) in [6.07, 6.45) is 5.70. The number of benzene rings is 2. The minimum absolute atomic E-state index is 0. The Labute approximate surface area is 192 Å². The second kappa shape index (κ2) is 11.1. The molecule has 1 aliphatic rings. The Kier molecular flexibility index (Phi) is 9.10. The second-order valence-corrected chi connectivity index (χ2v) is 7.73. The fourth-order valence-corrected chi connectivity index (χ4v) is 4.02. The van der Waals surface area contributed by atoms with Crippen LogP contribution < -0.4 is 10.6 Å². The zero-order valence-corrected chi connectivity index (χ0v) is 18.6. The molecular weight excluding hydrogens is 451 g/mol. The number of nitrogens with one attached hydrogen (secondary N) is 2. The lowest BCUT2D eigenvalue weighted by molar-refractivity contribution is 0.349. The first-order valence-electron chi connectivity index (χ1n) is 9.57. The zero-order valence-electron chi connectivity index (χ0n) is 16.2. The van der Waals surface area contributed by atoms with Gasteiger partial charge in [0.1, 0.15) is 11.6 Å². The lowest BCUT2D eigenvalue weighted by Gasteiger charge is -2.30. The lowest BCUT2D eigenvalue weighted by atomic mass is 9.90. The molecule has 3 aromatic rings. The van der Waals surface area contributed by atoms with Crippen molar-refractivity contribution in [2.24, 2.45) is 0 Å². The predicted molar refractivity (Wildman–Crippen MR) is 124 cm³/mol. The van der Waals surface area contributed by atoms with E-state index < -0.39 is 11.6 Å². The number of anilines is 1. The van der Waals surface area contributed by atoms with Gasteiger partial charge < -0.3 is 10.6 Å². The largest absolute Gasteiger partial charge is 0.382 e. The summed E-state index contributed by atoms with van der Waals surface area (Å²) in [4.78, 5) is 4.38. The average Bonchev–Trinajstić information content (AvgIpc) is 2.69. The van der Waals surface area contributed by atoms with Crippen molar-refractivity contribution in [1.82, 2.24) is 10.3 Å². The number of aromatic nitrogens is 1. The summed E-state index contributed by atoms with van der Waals surface area (Å²) < 4.78 is 27.5. The topological polar surface area (TPSA) is 37.0 Å². The Hall–Kier alpha value is -1.66. The van der Waals surface area contributed by atoms with Crippen molar-refractivity contribution in [3.8, 4) is 0 Å². The summed E-state index contributed by atoms with van der Waals surface area (Å²) in [5.74, 6) is -0.986. The fourth-order valence-electron chi connectivity index (χ4n) is 3.86. The average molecular weight is 475 g/mol. The van der Waals surface area contributed by atoms with E-state index in [9.17, 15) is 8.78 Å². The van der Waals surface area contributed by atoms with Crippen LogP contribution in [0.25, 0.3) is 10.9 Å². The third-order valence-corrected chi connectivity index (χ3v) is 5.66.